The van der Waals surface area contributed by atoms with Gasteiger partial charge in [-0.1, -0.05) is 6.07 Å². The largest absolute Gasteiger partial charge is 0.381 e. The molecular formula is C11H15NO5S. The molecule has 0 N–H and O–H groups in total. The van der Waals surface area contributed by atoms with Gasteiger partial charge in [-0.05, 0) is 19.9 Å². The van der Waals surface area contributed by atoms with Crippen LogP contribution in [0.15, 0.2) is 23.1 Å². The summed E-state index contributed by atoms with van der Waals surface area (Å²) in [5, 5.41) is 10.8. The summed E-state index contributed by atoms with van der Waals surface area (Å²) in [6, 6.07) is 3.90. The maximum Gasteiger partial charge on any atom is 0.273 e. The zero-order valence-corrected chi connectivity index (χ0v) is 11.2. The van der Waals surface area contributed by atoms with Crippen molar-refractivity contribution in [2.45, 2.75) is 24.8 Å². The lowest BCUT2D eigenvalue weighted by atomic mass is 10.2. The van der Waals surface area contributed by atoms with Gasteiger partial charge in [0.25, 0.3) is 5.69 Å². The predicted molar refractivity (Wildman–Crippen MR) is 66.4 cm³/mol. The van der Waals surface area contributed by atoms with E-state index in [4.69, 9.17) is 4.74 Å². The molecule has 0 radical (unpaired) electrons. The molecule has 0 saturated carbocycles. The minimum Gasteiger partial charge on any atom is -0.381 e. The molecule has 0 heterocycles. The number of ether oxygens (including phenoxy) is 1. The highest BCUT2D eigenvalue weighted by Crippen LogP contribution is 2.23. The normalized spacial score (nSPS) is 13.3. The number of benzene rings is 1. The fourth-order valence-corrected chi connectivity index (χ4v) is 2.97. The highest BCUT2D eigenvalue weighted by atomic mass is 32.2. The quantitative estimate of drug-likeness (QED) is 0.602. The van der Waals surface area contributed by atoms with E-state index in [9.17, 15) is 18.5 Å². The Morgan fingerprint density at radius 3 is 2.56 bits per heavy atom. The van der Waals surface area contributed by atoms with Gasteiger partial charge in [-0.3, -0.25) is 10.1 Å². The zero-order chi connectivity index (χ0) is 13.9. The predicted octanol–water partition coefficient (Wildman–Crippen LogP) is 1.71. The molecule has 1 aromatic carbocycles. The van der Waals surface area contributed by atoms with E-state index in [1.165, 1.54) is 19.2 Å². The average Bonchev–Trinajstić information content (AvgIpc) is 2.28. The summed E-state index contributed by atoms with van der Waals surface area (Å²) >= 11 is 0. The Morgan fingerprint density at radius 2 is 2.06 bits per heavy atom. The van der Waals surface area contributed by atoms with Crippen molar-refractivity contribution in [1.29, 1.82) is 0 Å². The molecule has 0 aliphatic carbocycles. The van der Waals surface area contributed by atoms with Crippen LogP contribution in [-0.2, 0) is 14.6 Å². The van der Waals surface area contributed by atoms with Gasteiger partial charge in [-0.25, -0.2) is 8.42 Å². The van der Waals surface area contributed by atoms with Crippen LogP contribution in [0, 0.1) is 17.0 Å². The van der Waals surface area contributed by atoms with Gasteiger partial charge in [0.2, 0.25) is 0 Å². The second-order valence-electron chi connectivity index (χ2n) is 4.03. The molecule has 1 rings (SSSR count). The van der Waals surface area contributed by atoms with Gasteiger partial charge < -0.3 is 4.74 Å². The third-order valence-electron chi connectivity index (χ3n) is 2.59. The van der Waals surface area contributed by atoms with Crippen LogP contribution in [0.25, 0.3) is 0 Å². The summed E-state index contributed by atoms with van der Waals surface area (Å²) in [6.07, 6.45) is -0.463. The molecule has 100 valence electrons. The Kier molecular flexibility index (Phi) is 4.42. The fraction of sp³-hybridized carbons (Fsp3) is 0.455. The van der Waals surface area contributed by atoms with E-state index in [2.05, 4.69) is 0 Å². The van der Waals surface area contributed by atoms with Gasteiger partial charge in [0.05, 0.1) is 21.7 Å². The average molecular weight is 273 g/mol. The van der Waals surface area contributed by atoms with Crippen LogP contribution < -0.4 is 0 Å². The summed E-state index contributed by atoms with van der Waals surface area (Å²) in [5.74, 6) is -0.205. The van der Waals surface area contributed by atoms with Crippen molar-refractivity contribution in [2.24, 2.45) is 0 Å². The molecule has 18 heavy (non-hydrogen) atoms. The minimum absolute atomic E-state index is 0.0521. The molecule has 0 aliphatic heterocycles. The molecule has 0 aliphatic rings. The van der Waals surface area contributed by atoms with Crippen molar-refractivity contribution in [1.82, 2.24) is 0 Å². The fourth-order valence-electron chi connectivity index (χ4n) is 1.45. The number of rotatable bonds is 5. The van der Waals surface area contributed by atoms with Gasteiger partial charge in [-0.15, -0.1) is 0 Å². The van der Waals surface area contributed by atoms with E-state index in [1.807, 2.05) is 0 Å². The topological polar surface area (TPSA) is 86.5 Å². The number of aryl methyl sites for hydroxylation is 1. The Hall–Kier alpha value is -1.47. The Morgan fingerprint density at radius 1 is 1.44 bits per heavy atom. The second-order valence-corrected chi connectivity index (χ2v) is 6.07. The van der Waals surface area contributed by atoms with Crippen LogP contribution in [0.5, 0.6) is 0 Å². The lowest BCUT2D eigenvalue weighted by Crippen LogP contribution is -2.20. The van der Waals surface area contributed by atoms with E-state index >= 15 is 0 Å². The molecular weight excluding hydrogens is 258 g/mol. The number of hydrogen-bond donors (Lipinski definition) is 0. The first-order chi connectivity index (χ1) is 8.27. The molecule has 0 spiro atoms. The highest BCUT2D eigenvalue weighted by Gasteiger charge is 2.22. The first-order valence-corrected chi connectivity index (χ1v) is 6.93. The number of sulfone groups is 1. The van der Waals surface area contributed by atoms with E-state index in [-0.39, 0.29) is 16.3 Å². The van der Waals surface area contributed by atoms with Crippen molar-refractivity contribution in [3.05, 3.63) is 33.9 Å². The third-order valence-corrected chi connectivity index (χ3v) is 4.47. The third kappa shape index (κ3) is 3.27. The smallest absolute Gasteiger partial charge is 0.273 e. The lowest BCUT2D eigenvalue weighted by Gasteiger charge is -2.10. The van der Waals surface area contributed by atoms with Crippen LogP contribution in [0.4, 0.5) is 5.69 Å². The van der Waals surface area contributed by atoms with Crippen LogP contribution in [0.2, 0.25) is 0 Å². The van der Waals surface area contributed by atoms with Crippen molar-refractivity contribution >= 4 is 15.5 Å². The summed E-state index contributed by atoms with van der Waals surface area (Å²) in [5.41, 5.74) is 0.236. The number of nitrogens with zero attached hydrogens (tertiary/aromatic N) is 1. The Balaban J connectivity index is 3.18. The van der Waals surface area contributed by atoms with E-state index in [0.29, 0.717) is 5.56 Å². The molecule has 0 amide bonds. The van der Waals surface area contributed by atoms with Crippen LogP contribution >= 0.6 is 0 Å². The second kappa shape index (κ2) is 5.45. The van der Waals surface area contributed by atoms with Crippen LogP contribution in [-0.4, -0.2) is 32.3 Å². The standard InChI is InChI=1S/C11H15NO5S/c1-8-4-5-10(6-11(8)12(13)14)18(15,16)7-9(2)17-3/h4-6,9H,7H2,1-3H3/t9-/m0/s1. The maximum atomic E-state index is 12.0. The van der Waals surface area contributed by atoms with E-state index in [1.54, 1.807) is 13.8 Å². The SMILES string of the molecule is CO[C@@H](C)CS(=O)(=O)c1ccc(C)c([N+](=O)[O-])c1. The summed E-state index contributed by atoms with van der Waals surface area (Å²) in [6.45, 7) is 3.19. The van der Waals surface area contributed by atoms with Gasteiger partial charge in [-0.2, -0.15) is 0 Å². The molecule has 1 aromatic rings. The maximum absolute atomic E-state index is 12.0. The van der Waals surface area contributed by atoms with Gasteiger partial charge >= 0.3 is 0 Å². The molecule has 0 saturated heterocycles. The Labute approximate surface area is 106 Å². The highest BCUT2D eigenvalue weighted by molar-refractivity contribution is 7.91. The molecule has 7 heteroatoms. The molecule has 0 bridgehead atoms. The number of hydrogen-bond acceptors (Lipinski definition) is 5. The van der Waals surface area contributed by atoms with Crippen molar-refractivity contribution in [3.63, 3.8) is 0 Å². The monoisotopic (exact) mass is 273 g/mol. The molecule has 0 aromatic heterocycles. The Bertz CT molecular complexity index is 553. The van der Waals surface area contributed by atoms with E-state index in [0.717, 1.165) is 6.07 Å². The minimum atomic E-state index is -3.57. The van der Waals surface area contributed by atoms with Crippen molar-refractivity contribution in [3.8, 4) is 0 Å². The summed E-state index contributed by atoms with van der Waals surface area (Å²) in [7, 11) is -2.16. The van der Waals surface area contributed by atoms with Crippen molar-refractivity contribution in [2.75, 3.05) is 12.9 Å². The molecule has 0 unspecified atom stereocenters. The molecule has 1 atom stereocenters. The zero-order valence-electron chi connectivity index (χ0n) is 10.4. The number of nitro groups is 1. The molecule has 6 nitrogen and oxygen atoms in total. The van der Waals surface area contributed by atoms with E-state index < -0.39 is 20.9 Å². The molecule has 0 fully saturated rings. The first kappa shape index (κ1) is 14.6. The lowest BCUT2D eigenvalue weighted by molar-refractivity contribution is -0.385. The summed E-state index contributed by atoms with van der Waals surface area (Å²) in [4.78, 5) is 10.1. The number of methoxy groups -OCH3 is 1. The summed E-state index contributed by atoms with van der Waals surface area (Å²) < 4.78 is 28.9. The van der Waals surface area contributed by atoms with Crippen molar-refractivity contribution < 1.29 is 18.1 Å². The number of nitro benzene ring substituents is 1. The van der Waals surface area contributed by atoms with Gasteiger partial charge in [0, 0.05) is 18.7 Å². The first-order valence-electron chi connectivity index (χ1n) is 5.28. The van der Waals surface area contributed by atoms with Crippen LogP contribution in [0.3, 0.4) is 0 Å². The van der Waals surface area contributed by atoms with Gasteiger partial charge in [0.1, 0.15) is 0 Å². The van der Waals surface area contributed by atoms with Crippen LogP contribution in [0.1, 0.15) is 12.5 Å². The van der Waals surface area contributed by atoms with Gasteiger partial charge in [0.15, 0.2) is 9.84 Å².